The summed E-state index contributed by atoms with van der Waals surface area (Å²) < 4.78 is 17.0. The molecule has 0 atom stereocenters. The van der Waals surface area contributed by atoms with Crippen LogP contribution in [-0.4, -0.2) is 36.3 Å². The molecule has 0 fully saturated rings. The van der Waals surface area contributed by atoms with Gasteiger partial charge < -0.3 is 14.2 Å². The Kier molecular flexibility index (Phi) is 4.98. The van der Waals surface area contributed by atoms with E-state index in [-0.39, 0.29) is 0 Å². The number of hydrogen-bond acceptors (Lipinski definition) is 7. The van der Waals surface area contributed by atoms with Gasteiger partial charge >= 0.3 is 0 Å². The third kappa shape index (κ3) is 3.49. The lowest BCUT2D eigenvalue weighted by Crippen LogP contribution is -1.97. The number of fused-ring (bicyclic) bond motifs is 2. The molecule has 7 heteroatoms. The summed E-state index contributed by atoms with van der Waals surface area (Å²) >= 11 is 1.62. The van der Waals surface area contributed by atoms with E-state index in [1.165, 1.54) is 0 Å². The average molecular weight is 381 g/mol. The molecule has 0 saturated carbocycles. The Morgan fingerprint density at radius 1 is 0.926 bits per heavy atom. The highest BCUT2D eigenvalue weighted by Crippen LogP contribution is 2.36. The summed E-state index contributed by atoms with van der Waals surface area (Å²) in [4.78, 5) is 14.1. The minimum absolute atomic E-state index is 0.416. The maximum absolute atomic E-state index is 5.47. The zero-order valence-electron chi connectivity index (χ0n) is 15.4. The molecule has 0 unspecified atom stereocenters. The average Bonchev–Trinajstić information content (AvgIpc) is 3.10. The van der Waals surface area contributed by atoms with Crippen molar-refractivity contribution < 1.29 is 14.2 Å². The lowest BCUT2D eigenvalue weighted by molar-refractivity contribution is 0.181. The van der Waals surface area contributed by atoms with Crippen LogP contribution in [-0.2, 0) is 22.7 Å². The SMILES string of the molecule is COCc1ccc2nc(-c3cc(OC)cc4nc(COC)cnc34)sc2c1. The van der Waals surface area contributed by atoms with E-state index in [0.29, 0.717) is 13.2 Å². The smallest absolute Gasteiger partial charge is 0.127 e. The molecule has 4 aromatic rings. The summed E-state index contributed by atoms with van der Waals surface area (Å²) in [6, 6.07) is 10.0. The molecule has 2 aromatic heterocycles. The number of thiazole rings is 1. The van der Waals surface area contributed by atoms with Gasteiger partial charge in [0.1, 0.15) is 10.8 Å². The van der Waals surface area contributed by atoms with Crippen molar-refractivity contribution in [3.63, 3.8) is 0 Å². The fourth-order valence-electron chi connectivity index (χ4n) is 2.98. The molecule has 0 saturated heterocycles. The van der Waals surface area contributed by atoms with Crippen molar-refractivity contribution in [3.05, 3.63) is 47.8 Å². The fraction of sp³-hybridized carbons (Fsp3) is 0.250. The van der Waals surface area contributed by atoms with E-state index in [0.717, 1.165) is 48.8 Å². The molecule has 0 spiro atoms. The Labute approximate surface area is 160 Å². The second kappa shape index (κ2) is 7.56. The molecule has 0 radical (unpaired) electrons. The van der Waals surface area contributed by atoms with Gasteiger partial charge in [0, 0.05) is 25.8 Å². The predicted molar refractivity (Wildman–Crippen MR) is 106 cm³/mol. The number of benzene rings is 2. The predicted octanol–water partition coefficient (Wildman–Crippen LogP) is 4.21. The van der Waals surface area contributed by atoms with Crippen LogP contribution in [0.1, 0.15) is 11.3 Å². The van der Waals surface area contributed by atoms with E-state index >= 15 is 0 Å². The topological polar surface area (TPSA) is 66.4 Å². The van der Waals surface area contributed by atoms with Gasteiger partial charge in [-0.2, -0.15) is 0 Å². The normalized spacial score (nSPS) is 11.4. The number of aromatic nitrogens is 3. The van der Waals surface area contributed by atoms with Crippen molar-refractivity contribution >= 4 is 32.6 Å². The molecule has 0 bridgehead atoms. The highest BCUT2D eigenvalue weighted by atomic mass is 32.1. The third-order valence-corrected chi connectivity index (χ3v) is 5.24. The Bertz CT molecular complexity index is 1110. The largest absolute Gasteiger partial charge is 0.497 e. The molecule has 6 nitrogen and oxygen atoms in total. The number of rotatable bonds is 6. The van der Waals surface area contributed by atoms with Crippen LogP contribution in [0.2, 0.25) is 0 Å². The first-order chi connectivity index (χ1) is 13.2. The standard InChI is InChI=1S/C20H19N3O3S/c1-24-10-12-4-5-16-18(6-12)27-20(23-16)15-7-14(26-3)8-17-19(15)21-9-13(22-17)11-25-2/h4-9H,10-11H2,1-3H3. The van der Waals surface area contributed by atoms with Gasteiger partial charge in [-0.15, -0.1) is 11.3 Å². The number of methoxy groups -OCH3 is 3. The van der Waals surface area contributed by atoms with Gasteiger partial charge in [0.2, 0.25) is 0 Å². The second-order valence-electron chi connectivity index (χ2n) is 6.09. The molecule has 2 heterocycles. The molecular formula is C20H19N3O3S. The van der Waals surface area contributed by atoms with Crippen LogP contribution in [0.3, 0.4) is 0 Å². The molecule has 0 aliphatic heterocycles. The fourth-order valence-corrected chi connectivity index (χ4v) is 4.02. The van der Waals surface area contributed by atoms with Crippen LogP contribution in [0.25, 0.3) is 31.8 Å². The van der Waals surface area contributed by atoms with Crippen LogP contribution in [0, 0.1) is 0 Å². The highest BCUT2D eigenvalue weighted by molar-refractivity contribution is 7.21. The summed E-state index contributed by atoms with van der Waals surface area (Å²) in [5.41, 5.74) is 5.33. The van der Waals surface area contributed by atoms with Crippen molar-refractivity contribution in [2.24, 2.45) is 0 Å². The van der Waals surface area contributed by atoms with Crippen LogP contribution in [0.5, 0.6) is 5.75 Å². The second-order valence-corrected chi connectivity index (χ2v) is 7.12. The van der Waals surface area contributed by atoms with Gasteiger partial charge in [-0.25, -0.2) is 9.97 Å². The van der Waals surface area contributed by atoms with Crippen molar-refractivity contribution in [1.29, 1.82) is 0 Å². The number of hydrogen-bond donors (Lipinski definition) is 0. The van der Waals surface area contributed by atoms with Crippen LogP contribution in [0.15, 0.2) is 36.5 Å². The van der Waals surface area contributed by atoms with Gasteiger partial charge in [-0.1, -0.05) is 6.07 Å². The van der Waals surface area contributed by atoms with Crippen molar-refractivity contribution in [2.45, 2.75) is 13.2 Å². The zero-order valence-corrected chi connectivity index (χ0v) is 16.2. The summed E-state index contributed by atoms with van der Waals surface area (Å²) in [6.45, 7) is 0.998. The molecule has 138 valence electrons. The molecule has 2 aromatic carbocycles. The van der Waals surface area contributed by atoms with Crippen molar-refractivity contribution in [1.82, 2.24) is 15.0 Å². The maximum Gasteiger partial charge on any atom is 0.127 e. The van der Waals surface area contributed by atoms with E-state index in [1.54, 1.807) is 38.9 Å². The Morgan fingerprint density at radius 2 is 1.78 bits per heavy atom. The summed E-state index contributed by atoms with van der Waals surface area (Å²) in [7, 11) is 4.98. The molecule has 4 rings (SSSR count). The van der Waals surface area contributed by atoms with E-state index in [4.69, 9.17) is 19.2 Å². The third-order valence-electron chi connectivity index (χ3n) is 4.19. The van der Waals surface area contributed by atoms with Gasteiger partial charge in [0.05, 0.1) is 53.5 Å². The van der Waals surface area contributed by atoms with Gasteiger partial charge in [0.25, 0.3) is 0 Å². The Morgan fingerprint density at radius 3 is 2.56 bits per heavy atom. The lowest BCUT2D eigenvalue weighted by atomic mass is 10.1. The number of ether oxygens (including phenoxy) is 3. The van der Waals surface area contributed by atoms with E-state index in [9.17, 15) is 0 Å². The highest BCUT2D eigenvalue weighted by Gasteiger charge is 2.14. The molecule has 0 aliphatic rings. The summed E-state index contributed by atoms with van der Waals surface area (Å²) in [5, 5.41) is 0.886. The Hall–Kier alpha value is -2.61. The Balaban J connectivity index is 1.87. The minimum atomic E-state index is 0.416. The molecule has 0 amide bonds. The molecule has 27 heavy (non-hydrogen) atoms. The van der Waals surface area contributed by atoms with E-state index in [1.807, 2.05) is 24.3 Å². The van der Waals surface area contributed by atoms with Gasteiger partial charge in [0.15, 0.2) is 0 Å². The molecular weight excluding hydrogens is 362 g/mol. The molecule has 0 N–H and O–H groups in total. The van der Waals surface area contributed by atoms with Crippen molar-refractivity contribution in [3.8, 4) is 16.3 Å². The van der Waals surface area contributed by atoms with Crippen LogP contribution in [0.4, 0.5) is 0 Å². The van der Waals surface area contributed by atoms with E-state index < -0.39 is 0 Å². The first-order valence-electron chi connectivity index (χ1n) is 8.43. The molecule has 0 aliphatic carbocycles. The quantitative estimate of drug-likeness (QED) is 0.498. The lowest BCUT2D eigenvalue weighted by Gasteiger charge is -2.08. The minimum Gasteiger partial charge on any atom is -0.497 e. The monoisotopic (exact) mass is 381 g/mol. The van der Waals surface area contributed by atoms with E-state index in [2.05, 4.69) is 16.0 Å². The van der Waals surface area contributed by atoms with Gasteiger partial charge in [-0.05, 0) is 23.8 Å². The van der Waals surface area contributed by atoms with Crippen LogP contribution < -0.4 is 4.74 Å². The van der Waals surface area contributed by atoms with Gasteiger partial charge in [-0.3, -0.25) is 4.98 Å². The first kappa shape index (κ1) is 17.8. The van der Waals surface area contributed by atoms with Crippen LogP contribution >= 0.6 is 11.3 Å². The number of nitrogens with zero attached hydrogens (tertiary/aromatic N) is 3. The maximum atomic E-state index is 5.47. The zero-order chi connectivity index (χ0) is 18.8. The summed E-state index contributed by atoms with van der Waals surface area (Å²) in [6.07, 6.45) is 1.74. The van der Waals surface area contributed by atoms with Crippen molar-refractivity contribution in [2.75, 3.05) is 21.3 Å². The summed E-state index contributed by atoms with van der Waals surface area (Å²) in [5.74, 6) is 0.723. The first-order valence-corrected chi connectivity index (χ1v) is 9.25.